The van der Waals surface area contributed by atoms with Crippen molar-refractivity contribution in [2.75, 3.05) is 14.2 Å². The third-order valence-electron chi connectivity index (χ3n) is 3.89. The molecule has 0 bridgehead atoms. The molecule has 0 aliphatic rings. The summed E-state index contributed by atoms with van der Waals surface area (Å²) in [5, 5.41) is 10.4. The van der Waals surface area contributed by atoms with Crippen LogP contribution in [-0.2, 0) is 4.74 Å². The Labute approximate surface area is 162 Å². The van der Waals surface area contributed by atoms with E-state index >= 15 is 0 Å². The number of aryl methyl sites for hydroxylation is 1. The zero-order valence-electron chi connectivity index (χ0n) is 14.6. The molecule has 3 rings (SSSR count). The Kier molecular flexibility index (Phi) is 5.20. The Morgan fingerprint density at radius 2 is 2.11 bits per heavy atom. The molecule has 0 amide bonds. The molecule has 0 radical (unpaired) electrons. The van der Waals surface area contributed by atoms with Gasteiger partial charge in [0.05, 0.1) is 24.6 Å². The number of esters is 1. The number of hydrogen-bond acceptors (Lipinski definition) is 7. The van der Waals surface area contributed by atoms with Gasteiger partial charge in [-0.3, -0.25) is 4.79 Å². The highest BCUT2D eigenvalue weighted by atomic mass is 35.5. The molecule has 2 N–H and O–H groups in total. The molecule has 0 saturated carbocycles. The van der Waals surface area contributed by atoms with Crippen LogP contribution in [0.15, 0.2) is 23.0 Å². The number of thiophene rings is 1. The van der Waals surface area contributed by atoms with Gasteiger partial charge in [-0.2, -0.15) is 0 Å². The number of methoxy groups -OCH3 is 2. The number of carbonyl (C=O) groups is 1. The summed E-state index contributed by atoms with van der Waals surface area (Å²) in [6.45, 7) is 1.67. The second-order valence-corrected chi connectivity index (χ2v) is 6.97. The summed E-state index contributed by atoms with van der Waals surface area (Å²) in [6, 6.07) is 4.76. The normalized spacial score (nSPS) is 11.6. The van der Waals surface area contributed by atoms with Gasteiger partial charge in [0.2, 0.25) is 0 Å². The highest BCUT2D eigenvalue weighted by Crippen LogP contribution is 2.31. The summed E-state index contributed by atoms with van der Waals surface area (Å²) < 4.78 is 9.73. The van der Waals surface area contributed by atoms with Crippen LogP contribution in [0.1, 0.15) is 26.6 Å². The summed E-state index contributed by atoms with van der Waals surface area (Å²) in [6.07, 6.45) is 1.55. The van der Waals surface area contributed by atoms with Crippen molar-refractivity contribution in [2.24, 2.45) is 0 Å². The number of nitrogens with zero attached hydrogens (tertiary/aromatic N) is 1. The van der Waals surface area contributed by atoms with Crippen LogP contribution in [0.2, 0.25) is 0 Å². The minimum Gasteiger partial charge on any atom is -0.504 e. The minimum absolute atomic E-state index is 0.0378. The molecule has 2 aromatic heterocycles. The fourth-order valence-electron chi connectivity index (χ4n) is 2.56. The molecule has 140 valence electrons. The topological polar surface area (TPSA) is 102 Å². The number of hydrogen-bond donors (Lipinski definition) is 2. The molecule has 0 spiro atoms. The molecule has 0 fully saturated rings. The van der Waals surface area contributed by atoms with Gasteiger partial charge in [-0.15, -0.1) is 11.3 Å². The maximum atomic E-state index is 12.5. The van der Waals surface area contributed by atoms with Crippen molar-refractivity contribution in [1.29, 1.82) is 0 Å². The number of benzene rings is 1. The van der Waals surface area contributed by atoms with Gasteiger partial charge < -0.3 is 19.6 Å². The largest absolute Gasteiger partial charge is 0.504 e. The molecule has 0 aliphatic carbocycles. The highest BCUT2D eigenvalue weighted by molar-refractivity contribution is 7.20. The van der Waals surface area contributed by atoms with Crippen LogP contribution < -0.4 is 10.3 Å². The summed E-state index contributed by atoms with van der Waals surface area (Å²) in [5.74, 6) is -0.0706. The number of H-pyrrole nitrogens is 1. The summed E-state index contributed by atoms with van der Waals surface area (Å²) in [7, 11) is 2.73. The molecule has 0 atom stereocenters. The van der Waals surface area contributed by atoms with E-state index in [0.717, 1.165) is 11.3 Å². The van der Waals surface area contributed by atoms with Gasteiger partial charge in [-0.1, -0.05) is 17.7 Å². The second-order valence-electron chi connectivity index (χ2n) is 5.57. The monoisotopic (exact) mass is 406 g/mol. The van der Waals surface area contributed by atoms with E-state index in [-0.39, 0.29) is 16.6 Å². The van der Waals surface area contributed by atoms with E-state index in [0.29, 0.717) is 32.0 Å². The first kappa shape index (κ1) is 18.9. The molecule has 2 heterocycles. The standard InChI is InChI=1S/C18H15ClN2O5S/c1-8-13-16(23)20-15(21-17(13)27-14(8)18(24)26-3)10(19)6-9-4-5-12(25-2)11(22)7-9/h4-7,22H,1-3H3,(H,20,21,23)/b10-6-. The number of carbonyl (C=O) groups excluding carboxylic acids is 1. The fraction of sp³-hybridized carbons (Fsp3) is 0.167. The number of aromatic amines is 1. The maximum Gasteiger partial charge on any atom is 0.348 e. The lowest BCUT2D eigenvalue weighted by atomic mass is 10.2. The van der Waals surface area contributed by atoms with Crippen molar-refractivity contribution in [3.63, 3.8) is 0 Å². The molecule has 7 nitrogen and oxygen atoms in total. The Balaban J connectivity index is 2.07. The van der Waals surface area contributed by atoms with Gasteiger partial charge in [-0.25, -0.2) is 9.78 Å². The van der Waals surface area contributed by atoms with E-state index in [1.165, 1.54) is 20.3 Å². The van der Waals surface area contributed by atoms with Crippen molar-refractivity contribution in [3.05, 3.63) is 50.4 Å². The van der Waals surface area contributed by atoms with E-state index in [4.69, 9.17) is 21.1 Å². The van der Waals surface area contributed by atoms with E-state index in [2.05, 4.69) is 9.97 Å². The van der Waals surface area contributed by atoms with Gasteiger partial charge >= 0.3 is 5.97 Å². The van der Waals surface area contributed by atoms with Gasteiger partial charge in [0.25, 0.3) is 5.56 Å². The third kappa shape index (κ3) is 3.54. The lowest BCUT2D eigenvalue weighted by Crippen LogP contribution is -2.10. The Morgan fingerprint density at radius 1 is 1.37 bits per heavy atom. The van der Waals surface area contributed by atoms with E-state index in [9.17, 15) is 14.7 Å². The van der Waals surface area contributed by atoms with Gasteiger partial charge in [0.1, 0.15) is 9.71 Å². The van der Waals surface area contributed by atoms with Crippen LogP contribution in [0.5, 0.6) is 11.5 Å². The number of halogens is 1. The van der Waals surface area contributed by atoms with Crippen LogP contribution in [0.4, 0.5) is 0 Å². The maximum absolute atomic E-state index is 12.5. The molecule has 27 heavy (non-hydrogen) atoms. The number of aromatic hydroxyl groups is 1. The predicted octanol–water partition coefficient (Wildman–Crippen LogP) is 3.53. The fourth-order valence-corrected chi connectivity index (χ4v) is 3.87. The number of ether oxygens (including phenoxy) is 2. The Bertz CT molecular complexity index is 1130. The predicted molar refractivity (Wildman–Crippen MR) is 105 cm³/mol. The molecular formula is C18H15ClN2O5S. The molecular weight excluding hydrogens is 392 g/mol. The summed E-state index contributed by atoms with van der Waals surface area (Å²) >= 11 is 7.37. The number of phenolic OH excluding ortho intramolecular Hbond substituents is 1. The molecule has 3 aromatic rings. The quantitative estimate of drug-likeness (QED) is 0.642. The van der Waals surface area contributed by atoms with Crippen molar-refractivity contribution in [3.8, 4) is 11.5 Å². The van der Waals surface area contributed by atoms with E-state index in [1.54, 1.807) is 25.1 Å². The van der Waals surface area contributed by atoms with Crippen molar-refractivity contribution >= 4 is 50.2 Å². The number of phenols is 1. The van der Waals surface area contributed by atoms with Crippen molar-refractivity contribution in [2.45, 2.75) is 6.92 Å². The summed E-state index contributed by atoms with van der Waals surface area (Å²) in [4.78, 5) is 32.0. The Morgan fingerprint density at radius 3 is 2.74 bits per heavy atom. The van der Waals surface area contributed by atoms with Crippen LogP contribution in [-0.4, -0.2) is 35.3 Å². The number of nitrogens with one attached hydrogen (secondary N) is 1. The van der Waals surface area contributed by atoms with Crippen LogP contribution in [0.3, 0.4) is 0 Å². The Hall–Kier alpha value is -2.84. The lowest BCUT2D eigenvalue weighted by molar-refractivity contribution is 0.0605. The first-order chi connectivity index (χ1) is 12.8. The summed E-state index contributed by atoms with van der Waals surface area (Å²) in [5.41, 5.74) is 0.712. The zero-order valence-corrected chi connectivity index (χ0v) is 16.2. The zero-order chi connectivity index (χ0) is 19.7. The van der Waals surface area contributed by atoms with Crippen LogP contribution >= 0.6 is 22.9 Å². The van der Waals surface area contributed by atoms with Gasteiger partial charge in [0.15, 0.2) is 17.3 Å². The minimum atomic E-state index is -0.521. The molecule has 0 aliphatic heterocycles. The molecule has 0 saturated heterocycles. The van der Waals surface area contributed by atoms with Crippen LogP contribution in [0, 0.1) is 6.92 Å². The number of rotatable bonds is 4. The molecule has 9 heteroatoms. The first-order valence-corrected chi connectivity index (χ1v) is 8.91. The lowest BCUT2D eigenvalue weighted by Gasteiger charge is -2.04. The molecule has 1 aromatic carbocycles. The highest BCUT2D eigenvalue weighted by Gasteiger charge is 2.20. The van der Waals surface area contributed by atoms with Crippen molar-refractivity contribution in [1.82, 2.24) is 9.97 Å². The number of aromatic nitrogens is 2. The first-order valence-electron chi connectivity index (χ1n) is 7.72. The van der Waals surface area contributed by atoms with Gasteiger partial charge in [0, 0.05) is 0 Å². The van der Waals surface area contributed by atoms with Gasteiger partial charge in [-0.05, 0) is 36.3 Å². The third-order valence-corrected chi connectivity index (χ3v) is 5.35. The van der Waals surface area contributed by atoms with Crippen LogP contribution in [0.25, 0.3) is 21.3 Å². The molecule has 0 unspecified atom stereocenters. The second kappa shape index (κ2) is 7.42. The smallest absolute Gasteiger partial charge is 0.348 e. The average Bonchev–Trinajstić information content (AvgIpc) is 2.98. The number of fused-ring (bicyclic) bond motifs is 1. The average molecular weight is 407 g/mol. The van der Waals surface area contributed by atoms with E-state index < -0.39 is 11.5 Å². The van der Waals surface area contributed by atoms with Crippen molar-refractivity contribution < 1.29 is 19.4 Å². The SMILES string of the molecule is COC(=O)c1sc2nc(/C(Cl)=C/c3ccc(OC)c(O)c3)[nH]c(=O)c2c1C. The van der Waals surface area contributed by atoms with E-state index in [1.807, 2.05) is 0 Å².